The third-order valence-corrected chi connectivity index (χ3v) is 5.05. The Hall–Kier alpha value is -0.380. The highest BCUT2D eigenvalue weighted by Crippen LogP contribution is 2.30. The lowest BCUT2D eigenvalue weighted by Crippen LogP contribution is -2.28. The van der Waals surface area contributed by atoms with Gasteiger partial charge in [-0.25, -0.2) is 0 Å². The van der Waals surface area contributed by atoms with Gasteiger partial charge in [-0.05, 0) is 50.2 Å². The van der Waals surface area contributed by atoms with Gasteiger partial charge in [-0.15, -0.1) is 11.3 Å². The molecule has 1 aromatic rings. The van der Waals surface area contributed by atoms with Crippen molar-refractivity contribution in [3.63, 3.8) is 0 Å². The maximum Gasteiger partial charge on any atom is 0.0480 e. The highest BCUT2D eigenvalue weighted by molar-refractivity contribution is 7.12. The summed E-state index contributed by atoms with van der Waals surface area (Å²) in [5.74, 6) is 0. The van der Waals surface area contributed by atoms with Crippen LogP contribution < -0.4 is 5.32 Å². The molecule has 0 saturated carbocycles. The van der Waals surface area contributed by atoms with E-state index in [1.807, 2.05) is 11.3 Å². The number of ether oxygens (including phenoxy) is 1. The minimum Gasteiger partial charge on any atom is -0.381 e. The van der Waals surface area contributed by atoms with E-state index >= 15 is 0 Å². The first-order valence-electron chi connectivity index (χ1n) is 6.83. The van der Waals surface area contributed by atoms with Crippen LogP contribution in [0.1, 0.15) is 41.0 Å². The lowest BCUT2D eigenvalue weighted by Gasteiger charge is -2.14. The van der Waals surface area contributed by atoms with Crippen LogP contribution in [-0.4, -0.2) is 19.3 Å². The van der Waals surface area contributed by atoms with E-state index in [4.69, 9.17) is 4.74 Å². The van der Waals surface area contributed by atoms with Crippen molar-refractivity contribution in [1.29, 1.82) is 0 Å². The molecule has 0 aromatic carbocycles. The zero-order valence-electron chi connectivity index (χ0n) is 10.3. The minimum absolute atomic E-state index is 0.662. The molecule has 17 heavy (non-hydrogen) atoms. The summed E-state index contributed by atoms with van der Waals surface area (Å²) >= 11 is 2.02. The second-order valence-corrected chi connectivity index (χ2v) is 6.36. The van der Waals surface area contributed by atoms with Crippen LogP contribution >= 0.6 is 11.3 Å². The zero-order chi connectivity index (χ0) is 11.5. The standard InChI is InChI=1S/C14H21NOS/c1-3-11-9-13(17-14(11)5-1)10-15-12-4-2-7-16-8-6-12/h9,12,15H,1-8,10H2. The SMILES string of the molecule is c1c(CNC2CCCOCC2)sc2c1CCC2. The molecule has 0 radical (unpaired) electrons. The Morgan fingerprint density at radius 3 is 3.18 bits per heavy atom. The van der Waals surface area contributed by atoms with Crippen LogP contribution in [0, 0.1) is 0 Å². The molecule has 3 heteroatoms. The second-order valence-electron chi connectivity index (χ2n) is 5.14. The largest absolute Gasteiger partial charge is 0.381 e. The van der Waals surface area contributed by atoms with Gasteiger partial charge in [-0.2, -0.15) is 0 Å². The van der Waals surface area contributed by atoms with Gasteiger partial charge in [-0.3, -0.25) is 0 Å². The monoisotopic (exact) mass is 251 g/mol. The van der Waals surface area contributed by atoms with Crippen molar-refractivity contribution < 1.29 is 4.74 Å². The van der Waals surface area contributed by atoms with Crippen LogP contribution in [0.3, 0.4) is 0 Å². The molecule has 2 aliphatic rings. The molecule has 2 nitrogen and oxygen atoms in total. The molecular weight excluding hydrogens is 230 g/mol. The van der Waals surface area contributed by atoms with Crippen LogP contribution in [0.15, 0.2) is 6.07 Å². The molecule has 1 atom stereocenters. The van der Waals surface area contributed by atoms with E-state index < -0.39 is 0 Å². The van der Waals surface area contributed by atoms with Crippen LogP contribution in [-0.2, 0) is 24.1 Å². The summed E-state index contributed by atoms with van der Waals surface area (Å²) in [6, 6.07) is 3.09. The van der Waals surface area contributed by atoms with Gasteiger partial charge in [0.05, 0.1) is 0 Å². The van der Waals surface area contributed by atoms with Crippen molar-refractivity contribution in [2.24, 2.45) is 0 Å². The van der Waals surface area contributed by atoms with E-state index in [0.29, 0.717) is 6.04 Å². The lowest BCUT2D eigenvalue weighted by atomic mass is 10.1. The van der Waals surface area contributed by atoms with E-state index in [-0.39, 0.29) is 0 Å². The predicted octanol–water partition coefficient (Wildman–Crippen LogP) is 2.90. The normalized spacial score (nSPS) is 24.6. The van der Waals surface area contributed by atoms with Gasteiger partial charge < -0.3 is 10.1 Å². The van der Waals surface area contributed by atoms with Crippen molar-refractivity contribution in [2.45, 2.75) is 51.1 Å². The Bertz CT molecular complexity index is 345. The van der Waals surface area contributed by atoms with Gasteiger partial charge in [0, 0.05) is 35.6 Å². The maximum atomic E-state index is 5.49. The van der Waals surface area contributed by atoms with Crippen molar-refractivity contribution in [3.8, 4) is 0 Å². The predicted molar refractivity (Wildman–Crippen MR) is 71.6 cm³/mol. The summed E-state index contributed by atoms with van der Waals surface area (Å²) < 4.78 is 5.49. The topological polar surface area (TPSA) is 21.3 Å². The van der Waals surface area contributed by atoms with Crippen molar-refractivity contribution in [1.82, 2.24) is 5.32 Å². The molecule has 0 spiro atoms. The highest BCUT2D eigenvalue weighted by atomic mass is 32.1. The summed E-state index contributed by atoms with van der Waals surface area (Å²) in [5, 5.41) is 3.70. The summed E-state index contributed by atoms with van der Waals surface area (Å²) in [4.78, 5) is 3.17. The van der Waals surface area contributed by atoms with E-state index in [2.05, 4.69) is 11.4 Å². The first-order valence-corrected chi connectivity index (χ1v) is 7.65. The van der Waals surface area contributed by atoms with Crippen molar-refractivity contribution in [2.75, 3.05) is 13.2 Å². The summed E-state index contributed by atoms with van der Waals surface area (Å²) in [6.45, 7) is 2.94. The zero-order valence-corrected chi connectivity index (χ0v) is 11.2. The Labute approximate surface area is 107 Å². The Kier molecular flexibility index (Phi) is 3.79. The number of nitrogens with one attached hydrogen (secondary N) is 1. The Morgan fingerprint density at radius 1 is 1.24 bits per heavy atom. The van der Waals surface area contributed by atoms with Gasteiger partial charge in [0.1, 0.15) is 0 Å². The molecule has 1 saturated heterocycles. The number of aryl methyl sites for hydroxylation is 2. The van der Waals surface area contributed by atoms with Crippen molar-refractivity contribution in [3.05, 3.63) is 21.4 Å². The molecular formula is C14H21NOS. The fourth-order valence-corrected chi connectivity index (χ4v) is 4.04. The lowest BCUT2D eigenvalue weighted by molar-refractivity contribution is 0.142. The molecule has 1 unspecified atom stereocenters. The molecule has 0 amide bonds. The van der Waals surface area contributed by atoms with Gasteiger partial charge in [0.25, 0.3) is 0 Å². The van der Waals surface area contributed by atoms with Gasteiger partial charge in [-0.1, -0.05) is 0 Å². The van der Waals surface area contributed by atoms with Crippen LogP contribution in [0.5, 0.6) is 0 Å². The Morgan fingerprint density at radius 2 is 2.24 bits per heavy atom. The molecule has 1 aromatic heterocycles. The fourth-order valence-electron chi connectivity index (χ4n) is 2.83. The molecule has 1 aliphatic carbocycles. The second kappa shape index (κ2) is 5.51. The van der Waals surface area contributed by atoms with Gasteiger partial charge >= 0.3 is 0 Å². The third-order valence-electron chi connectivity index (χ3n) is 3.81. The molecule has 1 fully saturated rings. The summed E-state index contributed by atoms with van der Waals surface area (Å²) in [5.41, 5.74) is 1.62. The smallest absolute Gasteiger partial charge is 0.0480 e. The number of hydrogen-bond acceptors (Lipinski definition) is 3. The average molecular weight is 251 g/mol. The van der Waals surface area contributed by atoms with E-state index in [0.717, 1.165) is 19.8 Å². The quantitative estimate of drug-likeness (QED) is 0.892. The van der Waals surface area contributed by atoms with Crippen molar-refractivity contribution >= 4 is 11.3 Å². The third kappa shape index (κ3) is 2.90. The fraction of sp³-hybridized carbons (Fsp3) is 0.714. The van der Waals surface area contributed by atoms with Gasteiger partial charge in [0.2, 0.25) is 0 Å². The summed E-state index contributed by atoms with van der Waals surface area (Å²) in [6.07, 6.45) is 7.64. The molecule has 94 valence electrons. The molecule has 3 rings (SSSR count). The number of thiophene rings is 1. The first kappa shape index (κ1) is 11.7. The number of rotatable bonds is 3. The van der Waals surface area contributed by atoms with Gasteiger partial charge in [0.15, 0.2) is 0 Å². The number of fused-ring (bicyclic) bond motifs is 1. The van der Waals surface area contributed by atoms with Crippen LogP contribution in [0.25, 0.3) is 0 Å². The first-order chi connectivity index (χ1) is 8.42. The molecule has 1 aliphatic heterocycles. The van der Waals surface area contributed by atoms with Crippen LogP contribution in [0.4, 0.5) is 0 Å². The molecule has 1 N–H and O–H groups in total. The average Bonchev–Trinajstić information content (AvgIpc) is 2.79. The minimum atomic E-state index is 0.662. The molecule has 2 heterocycles. The summed E-state index contributed by atoms with van der Waals surface area (Å²) in [7, 11) is 0. The highest BCUT2D eigenvalue weighted by Gasteiger charge is 2.16. The maximum absolute atomic E-state index is 5.49. The molecule has 0 bridgehead atoms. The Balaban J connectivity index is 1.52. The van der Waals surface area contributed by atoms with E-state index in [1.54, 1.807) is 10.4 Å². The number of hydrogen-bond donors (Lipinski definition) is 1. The van der Waals surface area contributed by atoms with E-state index in [1.165, 1.54) is 43.4 Å². The van der Waals surface area contributed by atoms with E-state index in [9.17, 15) is 0 Å². The van der Waals surface area contributed by atoms with Crippen LogP contribution in [0.2, 0.25) is 0 Å².